The highest BCUT2D eigenvalue weighted by Gasteiger charge is 1.89. The van der Waals surface area contributed by atoms with E-state index in [9.17, 15) is 0 Å². The van der Waals surface area contributed by atoms with Crippen LogP contribution in [-0.2, 0) is 6.54 Å². The van der Waals surface area contributed by atoms with Crippen LogP contribution >= 0.6 is 11.6 Å². The molecule has 0 spiro atoms. The summed E-state index contributed by atoms with van der Waals surface area (Å²) in [6, 6.07) is 0. The number of nitrogens with zero attached hydrogens (tertiary/aromatic N) is 2. The maximum absolute atomic E-state index is 5.48. The number of hydrogen-bond acceptors (Lipinski definition) is 1. The summed E-state index contributed by atoms with van der Waals surface area (Å²) in [6.45, 7) is 6.81. The van der Waals surface area contributed by atoms with Crippen molar-refractivity contribution >= 4 is 11.6 Å². The molecule has 0 radical (unpaired) electrons. The van der Waals surface area contributed by atoms with Crippen LogP contribution in [0.4, 0.5) is 0 Å². The highest BCUT2D eigenvalue weighted by molar-refractivity contribution is 6.17. The van der Waals surface area contributed by atoms with Gasteiger partial charge in [0, 0.05) is 12.1 Å². The van der Waals surface area contributed by atoms with Crippen molar-refractivity contribution in [2.75, 3.05) is 5.88 Å². The highest BCUT2D eigenvalue weighted by atomic mass is 35.5. The first kappa shape index (κ1) is 10.5. The van der Waals surface area contributed by atoms with Crippen LogP contribution < -0.4 is 0 Å². The Morgan fingerprint density at radius 2 is 2.18 bits per heavy atom. The first-order valence-electron chi connectivity index (χ1n) is 3.88. The lowest BCUT2D eigenvalue weighted by Crippen LogP contribution is -1.98. The van der Waals surface area contributed by atoms with Crippen molar-refractivity contribution < 1.29 is 0 Å². The predicted octanol–water partition coefficient (Wildman–Crippen LogP) is 2.46. The summed E-state index contributed by atoms with van der Waals surface area (Å²) in [5.74, 6) is 0.626. The number of hydrogen-bond donors (Lipinski definition) is 0. The van der Waals surface area contributed by atoms with Gasteiger partial charge in [-0.15, -0.1) is 11.6 Å². The zero-order valence-corrected chi connectivity index (χ0v) is 8.10. The monoisotopic (exact) mass is 174 g/mol. The quantitative estimate of drug-likeness (QED) is 0.630. The van der Waals surface area contributed by atoms with Crippen LogP contribution in [0.2, 0.25) is 0 Å². The van der Waals surface area contributed by atoms with Crippen molar-refractivity contribution in [1.82, 2.24) is 9.78 Å². The fourth-order valence-corrected chi connectivity index (χ4v) is 0.849. The molecule has 0 N–H and O–H groups in total. The standard InChI is InChI=1S/C6H9ClN2.C2H6/c1-6-4-8-9(5-6)3-2-7;1-2/h4-5H,2-3H2,1H3;1-2H3. The molecular formula is C8H15ClN2. The van der Waals surface area contributed by atoms with Crippen LogP contribution in [0.5, 0.6) is 0 Å². The highest BCUT2D eigenvalue weighted by Crippen LogP contribution is 1.93. The third-order valence-corrected chi connectivity index (χ3v) is 1.24. The molecule has 2 nitrogen and oxygen atoms in total. The molecule has 0 unspecified atom stereocenters. The summed E-state index contributed by atoms with van der Waals surface area (Å²) >= 11 is 5.48. The molecule has 0 fully saturated rings. The van der Waals surface area contributed by atoms with E-state index in [0.717, 1.165) is 6.54 Å². The summed E-state index contributed by atoms with van der Waals surface area (Å²) < 4.78 is 1.84. The maximum Gasteiger partial charge on any atom is 0.0544 e. The van der Waals surface area contributed by atoms with Gasteiger partial charge in [-0.05, 0) is 12.5 Å². The number of aryl methyl sites for hydroxylation is 2. The second kappa shape index (κ2) is 6.23. The molecule has 0 aliphatic carbocycles. The molecule has 1 aromatic heterocycles. The Balaban J connectivity index is 0.000000461. The summed E-state index contributed by atoms with van der Waals surface area (Å²) in [5, 5.41) is 4.04. The molecule has 64 valence electrons. The van der Waals surface area contributed by atoms with E-state index in [1.807, 2.05) is 37.8 Å². The van der Waals surface area contributed by atoms with Gasteiger partial charge in [-0.25, -0.2) is 0 Å². The van der Waals surface area contributed by atoms with E-state index in [0.29, 0.717) is 5.88 Å². The number of rotatable bonds is 2. The molecule has 1 rings (SSSR count). The normalized spacial score (nSPS) is 8.73. The maximum atomic E-state index is 5.48. The summed E-state index contributed by atoms with van der Waals surface area (Å²) in [6.07, 6.45) is 3.80. The van der Waals surface area contributed by atoms with Crippen molar-refractivity contribution in [1.29, 1.82) is 0 Å². The van der Waals surface area contributed by atoms with Crippen molar-refractivity contribution in [3.63, 3.8) is 0 Å². The average molecular weight is 175 g/mol. The number of halogens is 1. The van der Waals surface area contributed by atoms with E-state index < -0.39 is 0 Å². The van der Waals surface area contributed by atoms with Crippen LogP contribution in [-0.4, -0.2) is 15.7 Å². The topological polar surface area (TPSA) is 17.8 Å². The fraction of sp³-hybridized carbons (Fsp3) is 0.625. The van der Waals surface area contributed by atoms with Crippen LogP contribution in [0.1, 0.15) is 19.4 Å². The molecule has 1 heterocycles. The van der Waals surface area contributed by atoms with Crippen molar-refractivity contribution in [3.05, 3.63) is 18.0 Å². The van der Waals surface area contributed by atoms with Crippen LogP contribution in [0.25, 0.3) is 0 Å². The Morgan fingerprint density at radius 1 is 1.55 bits per heavy atom. The SMILES string of the molecule is CC.Cc1cnn(CCCl)c1. The van der Waals surface area contributed by atoms with Crippen molar-refractivity contribution in [3.8, 4) is 0 Å². The van der Waals surface area contributed by atoms with E-state index in [1.165, 1.54) is 5.56 Å². The van der Waals surface area contributed by atoms with Gasteiger partial charge in [-0.3, -0.25) is 4.68 Å². The van der Waals surface area contributed by atoms with Gasteiger partial charge in [0.05, 0.1) is 12.7 Å². The van der Waals surface area contributed by atoms with Gasteiger partial charge in [-0.1, -0.05) is 13.8 Å². The van der Waals surface area contributed by atoms with Crippen molar-refractivity contribution in [2.24, 2.45) is 0 Å². The first-order chi connectivity index (χ1) is 5.33. The largest absolute Gasteiger partial charge is 0.271 e. The summed E-state index contributed by atoms with van der Waals surface area (Å²) in [5.41, 5.74) is 1.18. The lowest BCUT2D eigenvalue weighted by Gasteiger charge is -1.92. The van der Waals surface area contributed by atoms with Gasteiger partial charge >= 0.3 is 0 Å². The third-order valence-electron chi connectivity index (χ3n) is 1.08. The Morgan fingerprint density at radius 3 is 2.55 bits per heavy atom. The average Bonchev–Trinajstić information content (AvgIpc) is 2.41. The minimum Gasteiger partial charge on any atom is -0.271 e. The molecule has 0 aromatic carbocycles. The number of alkyl halides is 1. The molecule has 0 aliphatic rings. The van der Waals surface area contributed by atoms with Gasteiger partial charge in [0.2, 0.25) is 0 Å². The third kappa shape index (κ3) is 4.04. The van der Waals surface area contributed by atoms with Gasteiger partial charge in [0.1, 0.15) is 0 Å². The lowest BCUT2D eigenvalue weighted by molar-refractivity contribution is 0.664. The molecule has 0 saturated carbocycles. The van der Waals surface area contributed by atoms with Crippen LogP contribution in [0.3, 0.4) is 0 Å². The van der Waals surface area contributed by atoms with E-state index in [2.05, 4.69) is 5.10 Å². The van der Waals surface area contributed by atoms with Gasteiger partial charge in [0.15, 0.2) is 0 Å². The summed E-state index contributed by atoms with van der Waals surface area (Å²) in [4.78, 5) is 0. The fourth-order valence-electron chi connectivity index (χ4n) is 0.676. The van der Waals surface area contributed by atoms with E-state index in [4.69, 9.17) is 11.6 Å². The Bertz CT molecular complexity index is 184. The zero-order chi connectivity index (χ0) is 8.69. The minimum atomic E-state index is 0.626. The molecule has 11 heavy (non-hydrogen) atoms. The second-order valence-corrected chi connectivity index (χ2v) is 2.35. The molecular weight excluding hydrogens is 160 g/mol. The predicted molar refractivity (Wildman–Crippen MR) is 49.0 cm³/mol. The van der Waals surface area contributed by atoms with Gasteiger partial charge < -0.3 is 0 Å². The molecule has 3 heteroatoms. The molecule has 0 saturated heterocycles. The molecule has 0 bridgehead atoms. The van der Waals surface area contributed by atoms with E-state index >= 15 is 0 Å². The van der Waals surface area contributed by atoms with Crippen LogP contribution in [0.15, 0.2) is 12.4 Å². The number of aromatic nitrogens is 2. The van der Waals surface area contributed by atoms with E-state index in [-0.39, 0.29) is 0 Å². The van der Waals surface area contributed by atoms with Gasteiger partial charge in [0.25, 0.3) is 0 Å². The second-order valence-electron chi connectivity index (χ2n) is 1.97. The Labute approximate surface area is 73.2 Å². The lowest BCUT2D eigenvalue weighted by atomic mass is 10.4. The first-order valence-corrected chi connectivity index (χ1v) is 4.41. The summed E-state index contributed by atoms with van der Waals surface area (Å²) in [7, 11) is 0. The van der Waals surface area contributed by atoms with Crippen molar-refractivity contribution in [2.45, 2.75) is 27.3 Å². The smallest absolute Gasteiger partial charge is 0.0544 e. The Kier molecular flexibility index (Phi) is 5.94. The van der Waals surface area contributed by atoms with E-state index in [1.54, 1.807) is 0 Å². The Hall–Kier alpha value is -0.500. The minimum absolute atomic E-state index is 0.626. The molecule has 0 amide bonds. The van der Waals surface area contributed by atoms with Crippen LogP contribution in [0, 0.1) is 6.92 Å². The molecule has 0 aliphatic heterocycles. The molecule has 1 aromatic rings. The molecule has 0 atom stereocenters. The zero-order valence-electron chi connectivity index (χ0n) is 7.34. The van der Waals surface area contributed by atoms with Gasteiger partial charge in [-0.2, -0.15) is 5.10 Å².